The summed E-state index contributed by atoms with van der Waals surface area (Å²) >= 11 is 0. The van der Waals surface area contributed by atoms with Gasteiger partial charge in [0.2, 0.25) is 11.8 Å². The molecule has 1 saturated carbocycles. The number of halogens is 1. The third-order valence-corrected chi connectivity index (χ3v) is 4.13. The van der Waals surface area contributed by atoms with Crippen LogP contribution in [0.5, 0.6) is 5.75 Å². The van der Waals surface area contributed by atoms with E-state index in [0.717, 1.165) is 25.7 Å². The minimum atomic E-state index is -0.461. The van der Waals surface area contributed by atoms with E-state index in [-0.39, 0.29) is 12.4 Å². The van der Waals surface area contributed by atoms with Gasteiger partial charge in [0.25, 0.3) is 0 Å². The van der Waals surface area contributed by atoms with Crippen molar-refractivity contribution < 1.29 is 14.1 Å². The molecule has 1 aromatic carbocycles. The van der Waals surface area contributed by atoms with E-state index in [1.165, 1.54) is 0 Å². The molecule has 0 unspecified atom stereocenters. The van der Waals surface area contributed by atoms with Crippen molar-refractivity contribution in [3.63, 3.8) is 0 Å². The topological polar surface area (TPSA) is 117 Å². The molecule has 0 atom stereocenters. The Morgan fingerprint density at radius 3 is 2.54 bits per heavy atom. The van der Waals surface area contributed by atoms with Gasteiger partial charge in [-0.15, -0.1) is 12.4 Å². The summed E-state index contributed by atoms with van der Waals surface area (Å²) in [5.74, 6) is 1.31. The first-order valence-electron chi connectivity index (χ1n) is 7.71. The van der Waals surface area contributed by atoms with E-state index in [1.54, 1.807) is 24.3 Å². The van der Waals surface area contributed by atoms with Crippen LogP contribution in [0, 0.1) is 0 Å². The van der Waals surface area contributed by atoms with Crippen LogP contribution in [-0.4, -0.2) is 22.7 Å². The molecule has 8 heteroatoms. The number of primary amides is 1. The summed E-state index contributed by atoms with van der Waals surface area (Å²) in [4.78, 5) is 15.4. The number of hydrogen-bond acceptors (Lipinski definition) is 6. The Morgan fingerprint density at radius 1 is 1.25 bits per heavy atom. The zero-order valence-electron chi connectivity index (χ0n) is 13.2. The van der Waals surface area contributed by atoms with Crippen molar-refractivity contribution in [3.05, 3.63) is 41.5 Å². The molecule has 130 valence electrons. The van der Waals surface area contributed by atoms with E-state index in [2.05, 4.69) is 10.1 Å². The van der Waals surface area contributed by atoms with Gasteiger partial charge in [-0.25, -0.2) is 0 Å². The first kappa shape index (κ1) is 18.2. The van der Waals surface area contributed by atoms with Crippen LogP contribution in [0.25, 0.3) is 0 Å². The van der Waals surface area contributed by atoms with Crippen LogP contribution in [0.2, 0.25) is 0 Å². The summed E-state index contributed by atoms with van der Waals surface area (Å²) in [5.41, 5.74) is 11.5. The molecule has 1 aromatic heterocycles. The SMILES string of the molecule is Cl.NC(=O)c1ccc(OCCc2nc(C3(N)CCCC3)no2)cc1. The fourth-order valence-electron chi connectivity index (χ4n) is 2.76. The van der Waals surface area contributed by atoms with Crippen LogP contribution < -0.4 is 16.2 Å². The van der Waals surface area contributed by atoms with Gasteiger partial charge in [-0.2, -0.15) is 4.98 Å². The van der Waals surface area contributed by atoms with Crippen LogP contribution >= 0.6 is 12.4 Å². The van der Waals surface area contributed by atoms with Crippen molar-refractivity contribution in [2.75, 3.05) is 6.61 Å². The third-order valence-electron chi connectivity index (χ3n) is 4.13. The second-order valence-corrected chi connectivity index (χ2v) is 5.86. The number of rotatable bonds is 6. The minimum absolute atomic E-state index is 0. The summed E-state index contributed by atoms with van der Waals surface area (Å²) in [6.45, 7) is 0.398. The summed E-state index contributed by atoms with van der Waals surface area (Å²) in [6, 6.07) is 6.65. The summed E-state index contributed by atoms with van der Waals surface area (Å²) in [5, 5.41) is 4.01. The molecule has 0 saturated heterocycles. The number of carbonyl (C=O) groups excluding carboxylic acids is 1. The third kappa shape index (κ3) is 4.04. The van der Waals surface area contributed by atoms with Crippen LogP contribution in [0.3, 0.4) is 0 Å². The standard InChI is InChI=1S/C16H20N4O3.ClH/c17-14(21)11-3-5-12(6-4-11)22-10-7-13-19-15(20-23-13)16(18)8-1-2-9-16;/h3-6H,1-2,7-10,18H2,(H2,17,21);1H. The highest BCUT2D eigenvalue weighted by atomic mass is 35.5. The van der Waals surface area contributed by atoms with Crippen molar-refractivity contribution in [2.24, 2.45) is 11.5 Å². The van der Waals surface area contributed by atoms with Gasteiger partial charge in [0, 0.05) is 5.56 Å². The molecule has 0 spiro atoms. The molecule has 1 fully saturated rings. The van der Waals surface area contributed by atoms with Gasteiger partial charge in [-0.1, -0.05) is 18.0 Å². The lowest BCUT2D eigenvalue weighted by molar-refractivity contribution is 0.100. The number of nitrogens with zero attached hydrogens (tertiary/aromatic N) is 2. The monoisotopic (exact) mass is 352 g/mol. The Morgan fingerprint density at radius 2 is 1.92 bits per heavy atom. The molecule has 4 N–H and O–H groups in total. The van der Waals surface area contributed by atoms with Crippen molar-refractivity contribution in [3.8, 4) is 5.75 Å². The van der Waals surface area contributed by atoms with Gasteiger partial charge in [0.1, 0.15) is 5.75 Å². The van der Waals surface area contributed by atoms with Gasteiger partial charge >= 0.3 is 0 Å². The quantitative estimate of drug-likeness (QED) is 0.820. The van der Waals surface area contributed by atoms with Crippen LogP contribution in [-0.2, 0) is 12.0 Å². The fraction of sp³-hybridized carbons (Fsp3) is 0.438. The maximum atomic E-state index is 11.0. The Hall–Kier alpha value is -2.12. The second kappa shape index (κ2) is 7.63. The van der Waals surface area contributed by atoms with Gasteiger partial charge in [-0.3, -0.25) is 4.79 Å². The fourth-order valence-corrected chi connectivity index (χ4v) is 2.76. The first-order chi connectivity index (χ1) is 11.1. The molecule has 1 amide bonds. The number of nitrogens with two attached hydrogens (primary N) is 2. The van der Waals surface area contributed by atoms with Gasteiger partial charge in [-0.05, 0) is 37.1 Å². The second-order valence-electron chi connectivity index (χ2n) is 5.86. The molecular weight excluding hydrogens is 332 g/mol. The zero-order valence-corrected chi connectivity index (χ0v) is 14.1. The van der Waals surface area contributed by atoms with E-state index < -0.39 is 11.4 Å². The number of amides is 1. The molecule has 0 aliphatic heterocycles. The van der Waals surface area contributed by atoms with Gasteiger partial charge in [0.05, 0.1) is 18.6 Å². The molecule has 24 heavy (non-hydrogen) atoms. The lowest BCUT2D eigenvalue weighted by Crippen LogP contribution is -2.34. The molecule has 1 aliphatic rings. The number of carbonyl (C=O) groups is 1. The predicted octanol–water partition coefficient (Wildman–Crippen LogP) is 1.94. The largest absolute Gasteiger partial charge is 0.493 e. The van der Waals surface area contributed by atoms with E-state index in [0.29, 0.717) is 36.1 Å². The summed E-state index contributed by atoms with van der Waals surface area (Å²) in [7, 11) is 0. The highest BCUT2D eigenvalue weighted by Gasteiger charge is 2.35. The molecular formula is C16H21ClN4O3. The van der Waals surface area contributed by atoms with Gasteiger partial charge < -0.3 is 20.7 Å². The number of hydrogen-bond donors (Lipinski definition) is 2. The highest BCUT2D eigenvalue weighted by molar-refractivity contribution is 5.92. The van der Waals surface area contributed by atoms with E-state index in [1.807, 2.05) is 0 Å². The smallest absolute Gasteiger partial charge is 0.248 e. The van der Waals surface area contributed by atoms with Crippen LogP contribution in [0.1, 0.15) is 47.8 Å². The van der Waals surface area contributed by atoms with Gasteiger partial charge in [0.15, 0.2) is 5.82 Å². The maximum absolute atomic E-state index is 11.0. The van der Waals surface area contributed by atoms with Crippen molar-refractivity contribution in [1.29, 1.82) is 0 Å². The van der Waals surface area contributed by atoms with E-state index >= 15 is 0 Å². The van der Waals surface area contributed by atoms with Crippen molar-refractivity contribution in [2.45, 2.75) is 37.6 Å². The Balaban J connectivity index is 0.00000208. The molecule has 7 nitrogen and oxygen atoms in total. The Bertz CT molecular complexity index is 681. The lowest BCUT2D eigenvalue weighted by Gasteiger charge is -2.17. The number of benzene rings is 1. The normalized spacial score (nSPS) is 15.7. The van der Waals surface area contributed by atoms with Crippen molar-refractivity contribution in [1.82, 2.24) is 10.1 Å². The molecule has 3 rings (SSSR count). The lowest BCUT2D eigenvalue weighted by atomic mass is 9.99. The maximum Gasteiger partial charge on any atom is 0.248 e. The van der Waals surface area contributed by atoms with Crippen molar-refractivity contribution >= 4 is 18.3 Å². The Kier molecular flexibility index (Phi) is 5.80. The molecule has 2 aromatic rings. The van der Waals surface area contributed by atoms with Crippen LogP contribution in [0.15, 0.2) is 28.8 Å². The van der Waals surface area contributed by atoms with Crippen LogP contribution in [0.4, 0.5) is 0 Å². The molecule has 1 aliphatic carbocycles. The molecule has 0 bridgehead atoms. The summed E-state index contributed by atoms with van der Waals surface area (Å²) in [6.07, 6.45) is 4.50. The molecule has 1 heterocycles. The average Bonchev–Trinajstić information content (AvgIpc) is 3.18. The number of aromatic nitrogens is 2. The zero-order chi connectivity index (χ0) is 16.3. The minimum Gasteiger partial charge on any atom is -0.493 e. The van der Waals surface area contributed by atoms with E-state index in [9.17, 15) is 4.79 Å². The predicted molar refractivity (Wildman–Crippen MR) is 90.0 cm³/mol. The number of ether oxygens (including phenoxy) is 1. The molecule has 0 radical (unpaired) electrons. The Labute approximate surface area is 146 Å². The average molecular weight is 353 g/mol. The van der Waals surface area contributed by atoms with E-state index in [4.69, 9.17) is 20.7 Å². The summed E-state index contributed by atoms with van der Waals surface area (Å²) < 4.78 is 10.8. The first-order valence-corrected chi connectivity index (χ1v) is 7.71. The highest BCUT2D eigenvalue weighted by Crippen LogP contribution is 2.34.